The smallest absolute Gasteiger partial charge is 0.327 e. The molecular formula is C19H16N4O3. The molecular weight excluding hydrogens is 332 g/mol. The minimum atomic E-state index is -0.633. The molecule has 7 nitrogen and oxygen atoms in total. The highest BCUT2D eigenvalue weighted by molar-refractivity contribution is 5.92. The number of anilines is 1. The highest BCUT2D eigenvalue weighted by Crippen LogP contribution is 2.28. The number of urea groups is 1. The lowest BCUT2D eigenvalue weighted by Crippen LogP contribution is -2.46. The molecule has 7 heteroatoms. The third-order valence-electron chi connectivity index (χ3n) is 4.35. The second kappa shape index (κ2) is 6.36. The number of aromatic nitrogens is 2. The van der Waals surface area contributed by atoms with Gasteiger partial charge < -0.3 is 5.32 Å². The molecule has 0 saturated heterocycles. The number of hydrogen-bond donors (Lipinski definition) is 3. The number of amides is 2. The molecule has 3 aromatic rings. The van der Waals surface area contributed by atoms with Crippen molar-refractivity contribution in [3.05, 3.63) is 98.2 Å². The van der Waals surface area contributed by atoms with E-state index in [4.69, 9.17) is 0 Å². The van der Waals surface area contributed by atoms with Crippen LogP contribution in [0, 0.1) is 0 Å². The fraction of sp³-hybridized carbons (Fsp3) is 0.105. The van der Waals surface area contributed by atoms with Crippen LogP contribution in [0.25, 0.3) is 0 Å². The summed E-state index contributed by atoms with van der Waals surface area (Å²) >= 11 is 0. The lowest BCUT2D eigenvalue weighted by molar-refractivity contribution is 0.248. The van der Waals surface area contributed by atoms with E-state index >= 15 is 0 Å². The Morgan fingerprint density at radius 3 is 2.23 bits per heavy atom. The van der Waals surface area contributed by atoms with E-state index in [1.807, 2.05) is 60.7 Å². The molecule has 1 atom stereocenters. The number of benzene rings is 2. The molecule has 1 aromatic heterocycles. The summed E-state index contributed by atoms with van der Waals surface area (Å²) in [5.74, 6) is 0.222. The Bertz CT molecular complexity index is 1070. The zero-order valence-corrected chi connectivity index (χ0v) is 13.7. The molecule has 3 N–H and O–H groups in total. The molecule has 0 saturated carbocycles. The zero-order valence-electron chi connectivity index (χ0n) is 13.7. The van der Waals surface area contributed by atoms with Crippen molar-refractivity contribution in [3.63, 3.8) is 0 Å². The van der Waals surface area contributed by atoms with Crippen molar-refractivity contribution in [1.82, 2.24) is 14.9 Å². The first-order chi connectivity index (χ1) is 12.6. The predicted molar refractivity (Wildman–Crippen MR) is 97.3 cm³/mol. The molecule has 0 bridgehead atoms. The first-order valence-corrected chi connectivity index (χ1v) is 8.17. The number of H-pyrrole nitrogens is 1. The van der Waals surface area contributed by atoms with Crippen LogP contribution in [-0.2, 0) is 6.54 Å². The molecule has 4 rings (SSSR count). The van der Waals surface area contributed by atoms with Crippen LogP contribution >= 0.6 is 0 Å². The second-order valence-electron chi connectivity index (χ2n) is 6.04. The zero-order chi connectivity index (χ0) is 18.1. The predicted octanol–water partition coefficient (Wildman–Crippen LogP) is 1.81. The van der Waals surface area contributed by atoms with E-state index in [1.54, 1.807) is 0 Å². The summed E-state index contributed by atoms with van der Waals surface area (Å²) in [6.07, 6.45) is 0. The number of carbonyl (C=O) groups is 1. The van der Waals surface area contributed by atoms with Gasteiger partial charge >= 0.3 is 11.7 Å². The van der Waals surface area contributed by atoms with E-state index in [1.165, 1.54) is 4.57 Å². The Kier molecular flexibility index (Phi) is 3.89. The number of hydrogen-bond acceptors (Lipinski definition) is 3. The van der Waals surface area contributed by atoms with Crippen LogP contribution < -0.4 is 21.9 Å². The average Bonchev–Trinajstić information content (AvgIpc) is 2.66. The molecule has 0 radical (unpaired) electrons. The minimum Gasteiger partial charge on any atom is -0.327 e. The van der Waals surface area contributed by atoms with Crippen LogP contribution in [0.2, 0.25) is 0 Å². The van der Waals surface area contributed by atoms with E-state index in [0.717, 1.165) is 11.1 Å². The monoisotopic (exact) mass is 348 g/mol. The van der Waals surface area contributed by atoms with Gasteiger partial charge in [0.25, 0.3) is 5.56 Å². The minimum absolute atomic E-state index is 0.222. The quantitative estimate of drug-likeness (QED) is 0.673. The number of nitrogens with zero attached hydrogens (tertiary/aromatic N) is 1. The van der Waals surface area contributed by atoms with E-state index in [9.17, 15) is 14.4 Å². The first-order valence-electron chi connectivity index (χ1n) is 8.17. The highest BCUT2D eigenvalue weighted by Gasteiger charge is 2.31. The van der Waals surface area contributed by atoms with Crippen LogP contribution in [-0.4, -0.2) is 15.6 Å². The van der Waals surface area contributed by atoms with Crippen molar-refractivity contribution in [1.29, 1.82) is 0 Å². The lowest BCUT2D eigenvalue weighted by Gasteiger charge is -2.28. The fourth-order valence-corrected chi connectivity index (χ4v) is 3.15. The van der Waals surface area contributed by atoms with E-state index in [2.05, 4.69) is 15.6 Å². The SMILES string of the molecule is O=C1Nc2c(c(=O)[nH]c(=O)n2Cc2ccccc2)[C@@H](c2ccccc2)N1. The third kappa shape index (κ3) is 2.79. The Labute approximate surface area is 148 Å². The maximum absolute atomic E-state index is 12.5. The first kappa shape index (κ1) is 15.9. The van der Waals surface area contributed by atoms with Gasteiger partial charge in [0, 0.05) is 0 Å². The molecule has 0 fully saturated rings. The van der Waals surface area contributed by atoms with E-state index in [-0.39, 0.29) is 12.4 Å². The summed E-state index contributed by atoms with van der Waals surface area (Å²) < 4.78 is 1.38. The summed E-state index contributed by atoms with van der Waals surface area (Å²) in [5.41, 5.74) is 0.875. The fourth-order valence-electron chi connectivity index (χ4n) is 3.15. The summed E-state index contributed by atoms with van der Waals surface area (Å²) in [6.45, 7) is 0.237. The van der Waals surface area contributed by atoms with Gasteiger partial charge in [0.05, 0.1) is 18.2 Å². The van der Waals surface area contributed by atoms with Gasteiger partial charge in [-0.05, 0) is 11.1 Å². The van der Waals surface area contributed by atoms with Gasteiger partial charge in [-0.25, -0.2) is 9.59 Å². The van der Waals surface area contributed by atoms with Crippen LogP contribution in [0.1, 0.15) is 22.7 Å². The van der Waals surface area contributed by atoms with Crippen molar-refractivity contribution in [2.45, 2.75) is 12.6 Å². The Morgan fingerprint density at radius 2 is 1.54 bits per heavy atom. The van der Waals surface area contributed by atoms with E-state index < -0.39 is 23.3 Å². The molecule has 1 aliphatic rings. The Hall–Kier alpha value is -3.61. The van der Waals surface area contributed by atoms with Gasteiger partial charge in [0.1, 0.15) is 5.82 Å². The van der Waals surface area contributed by atoms with Gasteiger partial charge in [0.15, 0.2) is 0 Å². The summed E-state index contributed by atoms with van der Waals surface area (Å²) in [6, 6.07) is 17.4. The number of rotatable bonds is 3. The molecule has 0 aliphatic carbocycles. The maximum Gasteiger partial charge on any atom is 0.330 e. The summed E-state index contributed by atoms with van der Waals surface area (Å²) in [4.78, 5) is 39.5. The average molecular weight is 348 g/mol. The van der Waals surface area contributed by atoms with Crippen LogP contribution in [0.4, 0.5) is 10.6 Å². The molecule has 2 amide bonds. The molecule has 1 aliphatic heterocycles. The Morgan fingerprint density at radius 1 is 0.885 bits per heavy atom. The molecule has 2 heterocycles. The standard InChI is InChI=1S/C19H16N4O3/c24-17-14-15(13-9-5-2-6-10-13)20-18(25)21-16(14)23(19(26)22-17)11-12-7-3-1-4-8-12/h1-10,15H,11H2,(H2,20,21,25)(H,22,24,26)/t15-/m1/s1. The summed E-state index contributed by atoms with van der Waals surface area (Å²) in [7, 11) is 0. The van der Waals surface area contributed by atoms with Crippen molar-refractivity contribution in [2.75, 3.05) is 5.32 Å². The van der Waals surface area contributed by atoms with Gasteiger partial charge in [-0.1, -0.05) is 60.7 Å². The van der Waals surface area contributed by atoms with Gasteiger partial charge in [-0.3, -0.25) is 19.7 Å². The molecule has 26 heavy (non-hydrogen) atoms. The van der Waals surface area contributed by atoms with Crippen LogP contribution in [0.3, 0.4) is 0 Å². The van der Waals surface area contributed by atoms with Crippen LogP contribution in [0.5, 0.6) is 0 Å². The maximum atomic E-state index is 12.5. The van der Waals surface area contributed by atoms with Crippen molar-refractivity contribution < 1.29 is 4.79 Å². The normalized spacial score (nSPS) is 15.7. The van der Waals surface area contributed by atoms with Gasteiger partial charge in [0.2, 0.25) is 0 Å². The highest BCUT2D eigenvalue weighted by atomic mass is 16.2. The topological polar surface area (TPSA) is 96.0 Å². The number of fused-ring (bicyclic) bond motifs is 1. The van der Waals surface area contributed by atoms with Crippen LogP contribution in [0.15, 0.2) is 70.3 Å². The number of aromatic amines is 1. The molecule has 0 unspecified atom stereocenters. The number of carbonyl (C=O) groups excluding carboxylic acids is 1. The second-order valence-corrected chi connectivity index (χ2v) is 6.04. The van der Waals surface area contributed by atoms with Crippen molar-refractivity contribution in [3.8, 4) is 0 Å². The largest absolute Gasteiger partial charge is 0.330 e. The van der Waals surface area contributed by atoms with Gasteiger partial charge in [-0.15, -0.1) is 0 Å². The third-order valence-corrected chi connectivity index (χ3v) is 4.35. The van der Waals surface area contributed by atoms with Crippen molar-refractivity contribution in [2.24, 2.45) is 0 Å². The van der Waals surface area contributed by atoms with E-state index in [0.29, 0.717) is 5.56 Å². The number of nitrogens with one attached hydrogen (secondary N) is 3. The molecule has 130 valence electrons. The Balaban J connectivity index is 1.90. The lowest BCUT2D eigenvalue weighted by atomic mass is 9.98. The van der Waals surface area contributed by atoms with Gasteiger partial charge in [-0.2, -0.15) is 0 Å². The van der Waals surface area contributed by atoms with Crippen molar-refractivity contribution >= 4 is 11.8 Å². The molecule has 2 aromatic carbocycles. The molecule has 0 spiro atoms. The summed E-state index contributed by atoms with van der Waals surface area (Å²) in [5, 5.41) is 5.38.